The van der Waals surface area contributed by atoms with Gasteiger partial charge in [0.25, 0.3) is 0 Å². The van der Waals surface area contributed by atoms with Crippen LogP contribution in [0.15, 0.2) is 41.3 Å². The van der Waals surface area contributed by atoms with E-state index in [1.807, 2.05) is 18.2 Å². The Labute approximate surface area is 104 Å². The number of amides is 1. The largest absolute Gasteiger partial charge is 0.451 e. The summed E-state index contributed by atoms with van der Waals surface area (Å²) in [5.74, 6) is -0.112. The van der Waals surface area contributed by atoms with E-state index >= 15 is 0 Å². The quantitative estimate of drug-likeness (QED) is 0.905. The van der Waals surface area contributed by atoms with Gasteiger partial charge in [-0.15, -0.1) is 0 Å². The van der Waals surface area contributed by atoms with Crippen LogP contribution in [0.1, 0.15) is 11.3 Å². The van der Waals surface area contributed by atoms with E-state index in [-0.39, 0.29) is 12.3 Å². The van der Waals surface area contributed by atoms with Gasteiger partial charge in [0, 0.05) is 11.6 Å². The zero-order valence-corrected chi connectivity index (χ0v) is 9.78. The molecular weight excluding hydrogens is 240 g/mol. The Morgan fingerprint density at radius 1 is 1.41 bits per heavy atom. The Hall–Kier alpha value is -1.81. The minimum absolute atomic E-state index is 0.112. The van der Waals surface area contributed by atoms with E-state index in [4.69, 9.17) is 16.0 Å². The van der Waals surface area contributed by atoms with Crippen molar-refractivity contribution in [2.45, 2.75) is 13.0 Å². The Bertz CT molecular complexity index is 497. The maximum atomic E-state index is 11.6. The van der Waals surface area contributed by atoms with Crippen molar-refractivity contribution in [1.29, 1.82) is 0 Å². The van der Waals surface area contributed by atoms with Crippen LogP contribution in [-0.4, -0.2) is 10.9 Å². The van der Waals surface area contributed by atoms with Crippen molar-refractivity contribution in [3.05, 3.63) is 53.2 Å². The second-order valence-electron chi connectivity index (χ2n) is 3.52. The number of oxazole rings is 1. The van der Waals surface area contributed by atoms with Crippen LogP contribution in [0.5, 0.6) is 0 Å². The van der Waals surface area contributed by atoms with Gasteiger partial charge in [-0.3, -0.25) is 4.79 Å². The number of carbonyl (C=O) groups is 1. The number of hydrogen-bond acceptors (Lipinski definition) is 3. The van der Waals surface area contributed by atoms with Gasteiger partial charge in [-0.2, -0.15) is 0 Å². The lowest BCUT2D eigenvalue weighted by molar-refractivity contribution is -0.120. The Balaban J connectivity index is 1.86. The smallest absolute Gasteiger partial charge is 0.226 e. The molecule has 4 nitrogen and oxygen atoms in total. The van der Waals surface area contributed by atoms with Crippen molar-refractivity contribution in [2.75, 3.05) is 0 Å². The molecule has 0 atom stereocenters. The fourth-order valence-electron chi connectivity index (χ4n) is 1.39. The Kier molecular flexibility index (Phi) is 3.77. The molecule has 0 radical (unpaired) electrons. The van der Waals surface area contributed by atoms with Crippen molar-refractivity contribution < 1.29 is 9.21 Å². The van der Waals surface area contributed by atoms with Crippen LogP contribution in [0.3, 0.4) is 0 Å². The third-order valence-electron chi connectivity index (χ3n) is 2.26. The molecule has 1 aromatic carbocycles. The molecule has 88 valence electrons. The van der Waals surface area contributed by atoms with Gasteiger partial charge in [0.15, 0.2) is 6.39 Å². The van der Waals surface area contributed by atoms with Crippen molar-refractivity contribution in [2.24, 2.45) is 0 Å². The minimum atomic E-state index is -0.112. The Morgan fingerprint density at radius 3 is 2.94 bits per heavy atom. The lowest BCUT2D eigenvalue weighted by Gasteiger charge is -2.05. The molecule has 2 rings (SSSR count). The molecule has 1 amide bonds. The molecule has 1 heterocycles. The minimum Gasteiger partial charge on any atom is -0.451 e. The number of nitrogens with one attached hydrogen (secondary N) is 1. The number of rotatable bonds is 4. The number of halogens is 1. The number of nitrogens with zero attached hydrogens (tertiary/aromatic N) is 1. The molecule has 0 unspecified atom stereocenters. The zero-order chi connectivity index (χ0) is 12.1. The molecule has 0 saturated carbocycles. The van der Waals surface area contributed by atoms with Gasteiger partial charge in [-0.1, -0.05) is 29.8 Å². The molecule has 0 fully saturated rings. The van der Waals surface area contributed by atoms with E-state index in [1.165, 1.54) is 12.7 Å². The SMILES string of the molecule is O=C(Cc1cocn1)NCc1ccccc1Cl. The van der Waals surface area contributed by atoms with E-state index in [2.05, 4.69) is 10.3 Å². The third kappa shape index (κ3) is 3.32. The van der Waals surface area contributed by atoms with Crippen LogP contribution in [0, 0.1) is 0 Å². The first kappa shape index (κ1) is 11.7. The summed E-state index contributed by atoms with van der Waals surface area (Å²) in [5.41, 5.74) is 1.50. The lowest BCUT2D eigenvalue weighted by Crippen LogP contribution is -2.24. The van der Waals surface area contributed by atoms with Gasteiger partial charge in [0.05, 0.1) is 12.1 Å². The van der Waals surface area contributed by atoms with E-state index in [0.717, 1.165) is 5.56 Å². The first-order chi connectivity index (χ1) is 8.25. The van der Waals surface area contributed by atoms with Crippen LogP contribution >= 0.6 is 11.6 Å². The predicted molar refractivity (Wildman–Crippen MR) is 63.5 cm³/mol. The summed E-state index contributed by atoms with van der Waals surface area (Å²) in [6.07, 6.45) is 2.96. The van der Waals surface area contributed by atoms with Gasteiger partial charge in [-0.05, 0) is 11.6 Å². The van der Waals surface area contributed by atoms with E-state index in [9.17, 15) is 4.79 Å². The summed E-state index contributed by atoms with van der Waals surface area (Å²) in [6, 6.07) is 7.40. The molecule has 17 heavy (non-hydrogen) atoms. The van der Waals surface area contributed by atoms with Crippen LogP contribution in [0.25, 0.3) is 0 Å². The average molecular weight is 251 g/mol. The first-order valence-electron chi connectivity index (χ1n) is 5.13. The van der Waals surface area contributed by atoms with E-state index < -0.39 is 0 Å². The first-order valence-corrected chi connectivity index (χ1v) is 5.50. The number of aromatic nitrogens is 1. The molecule has 0 saturated heterocycles. The van der Waals surface area contributed by atoms with Crippen molar-refractivity contribution in [3.63, 3.8) is 0 Å². The summed E-state index contributed by atoms with van der Waals surface area (Å²) in [4.78, 5) is 15.4. The molecule has 1 N–H and O–H groups in total. The molecule has 1 aromatic heterocycles. The second-order valence-corrected chi connectivity index (χ2v) is 3.93. The molecule has 0 aliphatic heterocycles. The monoisotopic (exact) mass is 250 g/mol. The Morgan fingerprint density at radius 2 is 2.24 bits per heavy atom. The highest BCUT2D eigenvalue weighted by molar-refractivity contribution is 6.31. The van der Waals surface area contributed by atoms with Crippen LogP contribution in [-0.2, 0) is 17.8 Å². The molecule has 0 aliphatic rings. The number of hydrogen-bond donors (Lipinski definition) is 1. The van der Waals surface area contributed by atoms with Crippen molar-refractivity contribution in [1.82, 2.24) is 10.3 Å². The van der Waals surface area contributed by atoms with Crippen LogP contribution in [0.2, 0.25) is 5.02 Å². The molecule has 0 bridgehead atoms. The van der Waals surface area contributed by atoms with E-state index in [0.29, 0.717) is 17.3 Å². The van der Waals surface area contributed by atoms with Gasteiger partial charge >= 0.3 is 0 Å². The summed E-state index contributed by atoms with van der Waals surface area (Å²) in [7, 11) is 0. The highest BCUT2D eigenvalue weighted by Crippen LogP contribution is 2.14. The topological polar surface area (TPSA) is 55.1 Å². The molecular formula is C12H11ClN2O2. The normalized spacial score (nSPS) is 10.2. The van der Waals surface area contributed by atoms with Crippen molar-refractivity contribution >= 4 is 17.5 Å². The maximum Gasteiger partial charge on any atom is 0.226 e. The molecule has 2 aromatic rings. The lowest BCUT2D eigenvalue weighted by atomic mass is 10.2. The van der Waals surface area contributed by atoms with Gasteiger partial charge in [0.2, 0.25) is 5.91 Å². The fourth-order valence-corrected chi connectivity index (χ4v) is 1.59. The zero-order valence-electron chi connectivity index (χ0n) is 9.02. The fraction of sp³-hybridized carbons (Fsp3) is 0.167. The second kappa shape index (κ2) is 5.50. The average Bonchev–Trinajstić information content (AvgIpc) is 2.81. The standard InChI is InChI=1S/C12H11ClN2O2/c13-11-4-2-1-3-9(11)6-14-12(16)5-10-7-17-8-15-10/h1-4,7-8H,5-6H2,(H,14,16). The number of carbonyl (C=O) groups excluding carboxylic acids is 1. The van der Waals surface area contributed by atoms with Gasteiger partial charge in [0.1, 0.15) is 6.26 Å². The van der Waals surface area contributed by atoms with Crippen LogP contribution < -0.4 is 5.32 Å². The van der Waals surface area contributed by atoms with E-state index in [1.54, 1.807) is 6.07 Å². The summed E-state index contributed by atoms with van der Waals surface area (Å²) < 4.78 is 4.79. The third-order valence-corrected chi connectivity index (χ3v) is 2.63. The van der Waals surface area contributed by atoms with Gasteiger partial charge in [-0.25, -0.2) is 4.98 Å². The summed E-state index contributed by atoms with van der Waals surface area (Å²) in [6.45, 7) is 0.413. The summed E-state index contributed by atoms with van der Waals surface area (Å²) in [5, 5.41) is 3.42. The highest BCUT2D eigenvalue weighted by Gasteiger charge is 2.06. The molecule has 5 heteroatoms. The highest BCUT2D eigenvalue weighted by atomic mass is 35.5. The molecule has 0 spiro atoms. The van der Waals surface area contributed by atoms with Gasteiger partial charge < -0.3 is 9.73 Å². The van der Waals surface area contributed by atoms with Crippen LogP contribution in [0.4, 0.5) is 0 Å². The predicted octanol–water partition coefficient (Wildman–Crippen LogP) is 2.19. The summed E-state index contributed by atoms with van der Waals surface area (Å²) >= 11 is 5.97. The maximum absolute atomic E-state index is 11.6. The van der Waals surface area contributed by atoms with Crippen molar-refractivity contribution in [3.8, 4) is 0 Å². The molecule has 0 aliphatic carbocycles. The number of benzene rings is 1.